The van der Waals surface area contributed by atoms with Crippen molar-refractivity contribution in [3.63, 3.8) is 0 Å². The fourth-order valence-corrected chi connectivity index (χ4v) is 3.26. The molecule has 7 heteroatoms. The first-order valence-electron chi connectivity index (χ1n) is 8.09. The summed E-state index contributed by atoms with van der Waals surface area (Å²) in [6.07, 6.45) is 1.65. The number of rotatable bonds is 5. The van der Waals surface area contributed by atoms with E-state index >= 15 is 0 Å². The van der Waals surface area contributed by atoms with Crippen LogP contribution >= 0.6 is 15.9 Å². The standard InChI is InChI=1S/C17H21BrN4O2/c1-2-22-16(15(18)11-19-22)17(23)20-14-5-3-4-13(10-14)12-21-6-8-24-9-7-21/h3-5,10-11H,2,6-9,12H2,1H3,(H,20,23). The minimum absolute atomic E-state index is 0.162. The van der Waals surface area contributed by atoms with Crippen molar-refractivity contribution >= 4 is 27.5 Å². The summed E-state index contributed by atoms with van der Waals surface area (Å²) in [5, 5.41) is 7.15. The first-order chi connectivity index (χ1) is 11.7. The molecule has 0 spiro atoms. The van der Waals surface area contributed by atoms with E-state index in [4.69, 9.17) is 4.74 Å². The Labute approximate surface area is 149 Å². The third kappa shape index (κ3) is 4.03. The Hall–Kier alpha value is -1.70. The van der Waals surface area contributed by atoms with Crippen LogP contribution in [-0.2, 0) is 17.8 Å². The zero-order valence-corrected chi connectivity index (χ0v) is 15.3. The molecule has 2 heterocycles. The summed E-state index contributed by atoms with van der Waals surface area (Å²) in [6, 6.07) is 7.98. The Balaban J connectivity index is 1.69. The van der Waals surface area contributed by atoms with Gasteiger partial charge in [0.2, 0.25) is 0 Å². The van der Waals surface area contributed by atoms with Gasteiger partial charge in [-0.3, -0.25) is 14.4 Å². The maximum absolute atomic E-state index is 12.5. The zero-order chi connectivity index (χ0) is 16.9. The van der Waals surface area contributed by atoms with Crippen LogP contribution in [0.25, 0.3) is 0 Å². The number of halogens is 1. The molecular formula is C17H21BrN4O2. The van der Waals surface area contributed by atoms with Gasteiger partial charge in [-0.1, -0.05) is 12.1 Å². The molecule has 0 atom stereocenters. The average molecular weight is 393 g/mol. The topological polar surface area (TPSA) is 59.4 Å². The molecule has 3 rings (SSSR count). The predicted octanol–water partition coefficient (Wildman–Crippen LogP) is 2.75. The summed E-state index contributed by atoms with van der Waals surface area (Å²) in [5.74, 6) is -0.162. The van der Waals surface area contributed by atoms with Gasteiger partial charge in [0.05, 0.1) is 23.9 Å². The van der Waals surface area contributed by atoms with Crippen molar-refractivity contribution in [1.82, 2.24) is 14.7 Å². The van der Waals surface area contributed by atoms with Crippen LogP contribution in [0.2, 0.25) is 0 Å². The van der Waals surface area contributed by atoms with E-state index < -0.39 is 0 Å². The lowest BCUT2D eigenvalue weighted by Crippen LogP contribution is -2.35. The summed E-state index contributed by atoms with van der Waals surface area (Å²) in [4.78, 5) is 14.9. The van der Waals surface area contributed by atoms with E-state index in [0.717, 1.165) is 38.5 Å². The molecule has 6 nitrogen and oxygen atoms in total. The highest BCUT2D eigenvalue weighted by Crippen LogP contribution is 2.19. The Bertz CT molecular complexity index is 710. The van der Waals surface area contributed by atoms with Crippen LogP contribution in [0.4, 0.5) is 5.69 Å². The second kappa shape index (κ2) is 7.92. The number of aryl methyl sites for hydroxylation is 1. The van der Waals surface area contributed by atoms with E-state index in [1.807, 2.05) is 25.1 Å². The zero-order valence-electron chi connectivity index (χ0n) is 13.7. The number of benzene rings is 1. The first-order valence-corrected chi connectivity index (χ1v) is 8.88. The Kier molecular flexibility index (Phi) is 5.65. The van der Waals surface area contributed by atoms with Gasteiger partial charge in [0.15, 0.2) is 0 Å². The Morgan fingerprint density at radius 2 is 2.17 bits per heavy atom. The van der Waals surface area contributed by atoms with Gasteiger partial charge >= 0.3 is 0 Å². The molecule has 2 aromatic rings. The lowest BCUT2D eigenvalue weighted by atomic mass is 10.1. The van der Waals surface area contributed by atoms with Crippen LogP contribution in [0, 0.1) is 0 Å². The summed E-state index contributed by atoms with van der Waals surface area (Å²) >= 11 is 3.39. The highest BCUT2D eigenvalue weighted by molar-refractivity contribution is 9.10. The predicted molar refractivity (Wildman–Crippen MR) is 96.1 cm³/mol. The third-order valence-electron chi connectivity index (χ3n) is 4.00. The molecule has 0 unspecified atom stereocenters. The largest absolute Gasteiger partial charge is 0.379 e. The number of carbonyl (C=O) groups is 1. The van der Waals surface area contributed by atoms with Gasteiger partial charge in [0.25, 0.3) is 5.91 Å². The van der Waals surface area contributed by atoms with E-state index in [1.54, 1.807) is 10.9 Å². The van der Waals surface area contributed by atoms with Gasteiger partial charge in [-0.25, -0.2) is 0 Å². The quantitative estimate of drug-likeness (QED) is 0.849. The van der Waals surface area contributed by atoms with Crippen LogP contribution in [0.15, 0.2) is 34.9 Å². The van der Waals surface area contributed by atoms with E-state index in [2.05, 4.69) is 37.3 Å². The van der Waals surface area contributed by atoms with Crippen molar-refractivity contribution in [2.45, 2.75) is 20.0 Å². The maximum Gasteiger partial charge on any atom is 0.275 e. The molecule has 1 fully saturated rings. The number of aromatic nitrogens is 2. The maximum atomic E-state index is 12.5. The molecule has 128 valence electrons. The number of morpholine rings is 1. The molecule has 0 radical (unpaired) electrons. The minimum Gasteiger partial charge on any atom is -0.379 e. The van der Waals surface area contributed by atoms with Crippen LogP contribution < -0.4 is 5.32 Å². The van der Waals surface area contributed by atoms with Gasteiger partial charge in [-0.15, -0.1) is 0 Å². The summed E-state index contributed by atoms with van der Waals surface area (Å²) in [7, 11) is 0. The van der Waals surface area contributed by atoms with Crippen LogP contribution in [0.5, 0.6) is 0 Å². The van der Waals surface area contributed by atoms with E-state index in [9.17, 15) is 4.79 Å². The van der Waals surface area contributed by atoms with Crippen molar-refractivity contribution in [3.8, 4) is 0 Å². The second-order valence-corrected chi connectivity index (χ2v) is 6.55. The molecule has 1 N–H and O–H groups in total. The van der Waals surface area contributed by atoms with E-state index in [0.29, 0.717) is 16.7 Å². The van der Waals surface area contributed by atoms with Crippen molar-refractivity contribution in [3.05, 3.63) is 46.2 Å². The van der Waals surface area contributed by atoms with Crippen LogP contribution in [-0.4, -0.2) is 46.9 Å². The molecule has 24 heavy (non-hydrogen) atoms. The average Bonchev–Trinajstić information content (AvgIpc) is 2.97. The highest BCUT2D eigenvalue weighted by atomic mass is 79.9. The second-order valence-electron chi connectivity index (χ2n) is 5.70. The number of amides is 1. The van der Waals surface area contributed by atoms with E-state index in [1.165, 1.54) is 5.56 Å². The number of carbonyl (C=O) groups excluding carboxylic acids is 1. The number of hydrogen-bond donors (Lipinski definition) is 1. The number of ether oxygens (including phenoxy) is 1. The van der Waals surface area contributed by atoms with Crippen molar-refractivity contribution in [1.29, 1.82) is 0 Å². The summed E-state index contributed by atoms with van der Waals surface area (Å²) < 4.78 is 7.75. The van der Waals surface area contributed by atoms with Gasteiger partial charge in [-0.05, 0) is 40.5 Å². The summed E-state index contributed by atoms with van der Waals surface area (Å²) in [5.41, 5.74) is 2.51. The molecule has 1 aliphatic rings. The van der Waals surface area contributed by atoms with Gasteiger partial charge in [-0.2, -0.15) is 5.10 Å². The molecule has 0 aliphatic carbocycles. The number of nitrogens with zero attached hydrogens (tertiary/aromatic N) is 3. The molecule has 1 aromatic carbocycles. The fourth-order valence-electron chi connectivity index (χ4n) is 2.78. The van der Waals surface area contributed by atoms with Crippen molar-refractivity contribution < 1.29 is 9.53 Å². The molecule has 1 aromatic heterocycles. The lowest BCUT2D eigenvalue weighted by molar-refractivity contribution is 0.0342. The van der Waals surface area contributed by atoms with Crippen molar-refractivity contribution in [2.75, 3.05) is 31.6 Å². The first kappa shape index (κ1) is 17.1. The molecule has 1 aliphatic heterocycles. The third-order valence-corrected chi connectivity index (χ3v) is 4.58. The number of hydrogen-bond acceptors (Lipinski definition) is 4. The lowest BCUT2D eigenvalue weighted by Gasteiger charge is -2.26. The Morgan fingerprint density at radius 1 is 1.38 bits per heavy atom. The number of anilines is 1. The van der Waals surface area contributed by atoms with Gasteiger partial charge < -0.3 is 10.1 Å². The smallest absolute Gasteiger partial charge is 0.275 e. The summed E-state index contributed by atoms with van der Waals surface area (Å²) in [6.45, 7) is 6.92. The SMILES string of the molecule is CCn1ncc(Br)c1C(=O)Nc1cccc(CN2CCOCC2)c1. The fraction of sp³-hybridized carbons (Fsp3) is 0.412. The van der Waals surface area contributed by atoms with Crippen LogP contribution in [0.1, 0.15) is 23.0 Å². The molecule has 0 saturated carbocycles. The van der Waals surface area contributed by atoms with Crippen molar-refractivity contribution in [2.24, 2.45) is 0 Å². The minimum atomic E-state index is -0.162. The molecule has 1 amide bonds. The normalized spacial score (nSPS) is 15.4. The Morgan fingerprint density at radius 3 is 2.92 bits per heavy atom. The molecular weight excluding hydrogens is 372 g/mol. The monoisotopic (exact) mass is 392 g/mol. The van der Waals surface area contributed by atoms with Gasteiger partial charge in [0, 0.05) is 31.9 Å². The molecule has 0 bridgehead atoms. The molecule has 1 saturated heterocycles. The van der Waals surface area contributed by atoms with Gasteiger partial charge in [0.1, 0.15) is 5.69 Å². The van der Waals surface area contributed by atoms with E-state index in [-0.39, 0.29) is 5.91 Å². The highest BCUT2D eigenvalue weighted by Gasteiger charge is 2.17. The number of nitrogens with one attached hydrogen (secondary N) is 1. The van der Waals surface area contributed by atoms with Crippen LogP contribution in [0.3, 0.4) is 0 Å².